The molecule has 0 bridgehead atoms. The molecule has 1 rings (SSSR count). The Morgan fingerprint density at radius 3 is 1.92 bits per heavy atom. The van der Waals surface area contributed by atoms with Crippen LogP contribution in [0.5, 0.6) is 0 Å². The Bertz CT molecular complexity index is 97.2. The normalized spacial score (nSPS) is 14.4. The summed E-state index contributed by atoms with van der Waals surface area (Å²) in [4.78, 5) is 2.33. The summed E-state index contributed by atoms with van der Waals surface area (Å²) in [6.07, 6.45) is 2.53. The fourth-order valence-corrected chi connectivity index (χ4v) is 1.17. The maximum atomic E-state index is 3.93. The number of allylic oxidation sites excluding steroid dienone is 1. The molecule has 0 amide bonds. The second-order valence-electron chi connectivity index (χ2n) is 2.25. The number of nitrogens with zero attached hydrogens (tertiary/aromatic N) is 1. The predicted molar refractivity (Wildman–Crippen MR) is 58.3 cm³/mol. The summed E-state index contributed by atoms with van der Waals surface area (Å²) in [6.45, 7) is 16.5. The summed E-state index contributed by atoms with van der Waals surface area (Å²) >= 11 is 0. The molecule has 74 valence electrons. The summed E-state index contributed by atoms with van der Waals surface area (Å²) in [5.41, 5.74) is 1.33. The summed E-state index contributed by atoms with van der Waals surface area (Å²) in [7, 11) is 0. The Morgan fingerprint density at radius 1 is 1.25 bits per heavy atom. The van der Waals surface area contributed by atoms with Crippen LogP contribution in [0.15, 0.2) is 12.3 Å². The molecule has 0 aliphatic carbocycles. The highest BCUT2D eigenvalue weighted by molar-refractivity contribution is 4.98. The van der Waals surface area contributed by atoms with E-state index in [4.69, 9.17) is 0 Å². The van der Waals surface area contributed by atoms with Crippen LogP contribution in [-0.4, -0.2) is 18.0 Å². The van der Waals surface area contributed by atoms with E-state index in [9.17, 15) is 0 Å². The standard InChI is InChI=1S/C7H13N.2C2H6/c1-3-8-6-4-5-7(8)2;2*1-2/h2-6H2,1H3;2*1-2H3. The quantitative estimate of drug-likeness (QED) is 0.582. The lowest BCUT2D eigenvalue weighted by molar-refractivity contribution is 0.417. The first-order valence-corrected chi connectivity index (χ1v) is 5.27. The van der Waals surface area contributed by atoms with Gasteiger partial charge in [0, 0.05) is 18.8 Å². The Balaban J connectivity index is 0. The molecule has 1 saturated heterocycles. The summed E-state index contributed by atoms with van der Waals surface area (Å²) in [6, 6.07) is 0. The van der Waals surface area contributed by atoms with Crippen LogP contribution >= 0.6 is 0 Å². The van der Waals surface area contributed by atoms with Crippen LogP contribution in [0.25, 0.3) is 0 Å². The predicted octanol–water partition coefficient (Wildman–Crippen LogP) is 3.67. The highest BCUT2D eigenvalue weighted by Gasteiger charge is 2.10. The van der Waals surface area contributed by atoms with Gasteiger partial charge in [0.1, 0.15) is 0 Å². The molecule has 1 aliphatic heterocycles. The smallest absolute Gasteiger partial charge is 0.0178 e. The van der Waals surface area contributed by atoms with Gasteiger partial charge in [0.2, 0.25) is 0 Å². The molecular weight excluding hydrogens is 146 g/mol. The van der Waals surface area contributed by atoms with Gasteiger partial charge < -0.3 is 4.90 Å². The fourth-order valence-electron chi connectivity index (χ4n) is 1.17. The third-order valence-electron chi connectivity index (χ3n) is 1.72. The van der Waals surface area contributed by atoms with Crippen molar-refractivity contribution in [1.82, 2.24) is 4.90 Å². The molecule has 0 aromatic carbocycles. The average Bonchev–Trinajstić information content (AvgIpc) is 2.58. The Morgan fingerprint density at radius 2 is 1.75 bits per heavy atom. The third kappa shape index (κ3) is 5.22. The van der Waals surface area contributed by atoms with E-state index < -0.39 is 0 Å². The van der Waals surface area contributed by atoms with Crippen molar-refractivity contribution in [2.24, 2.45) is 0 Å². The first-order chi connectivity index (χ1) is 5.84. The van der Waals surface area contributed by atoms with E-state index in [2.05, 4.69) is 18.4 Å². The van der Waals surface area contributed by atoms with Crippen molar-refractivity contribution in [1.29, 1.82) is 0 Å². The van der Waals surface area contributed by atoms with E-state index >= 15 is 0 Å². The first kappa shape index (κ1) is 14.1. The molecule has 1 nitrogen and oxygen atoms in total. The van der Waals surface area contributed by atoms with Crippen molar-refractivity contribution in [3.8, 4) is 0 Å². The van der Waals surface area contributed by atoms with Crippen molar-refractivity contribution >= 4 is 0 Å². The van der Waals surface area contributed by atoms with Crippen molar-refractivity contribution < 1.29 is 0 Å². The molecule has 1 heterocycles. The molecule has 0 unspecified atom stereocenters. The molecule has 12 heavy (non-hydrogen) atoms. The van der Waals surface area contributed by atoms with Crippen molar-refractivity contribution in [3.63, 3.8) is 0 Å². The number of hydrogen-bond donors (Lipinski definition) is 0. The molecular formula is C11H25N. The molecule has 0 radical (unpaired) electrons. The zero-order valence-electron chi connectivity index (χ0n) is 9.48. The first-order valence-electron chi connectivity index (χ1n) is 5.27. The number of rotatable bonds is 1. The fraction of sp³-hybridized carbons (Fsp3) is 0.818. The zero-order chi connectivity index (χ0) is 9.98. The van der Waals surface area contributed by atoms with Crippen LogP contribution in [0.2, 0.25) is 0 Å². The molecule has 0 N–H and O–H groups in total. The highest BCUT2D eigenvalue weighted by atomic mass is 15.1. The average molecular weight is 171 g/mol. The zero-order valence-corrected chi connectivity index (χ0v) is 9.48. The van der Waals surface area contributed by atoms with Crippen LogP contribution < -0.4 is 0 Å². The number of hydrogen-bond acceptors (Lipinski definition) is 1. The van der Waals surface area contributed by atoms with Gasteiger partial charge in [-0.3, -0.25) is 0 Å². The van der Waals surface area contributed by atoms with E-state index in [1.54, 1.807) is 0 Å². The van der Waals surface area contributed by atoms with Crippen LogP contribution in [0.1, 0.15) is 47.5 Å². The van der Waals surface area contributed by atoms with Crippen molar-refractivity contribution in [2.45, 2.75) is 47.5 Å². The van der Waals surface area contributed by atoms with Gasteiger partial charge in [-0.2, -0.15) is 0 Å². The van der Waals surface area contributed by atoms with Gasteiger partial charge in [-0.05, 0) is 19.8 Å². The Labute approximate surface area is 78.5 Å². The maximum absolute atomic E-state index is 3.93. The molecule has 0 atom stereocenters. The molecule has 0 saturated carbocycles. The Kier molecular flexibility index (Phi) is 12.4. The minimum Gasteiger partial charge on any atom is -0.376 e. The van der Waals surface area contributed by atoms with Gasteiger partial charge >= 0.3 is 0 Å². The lowest BCUT2D eigenvalue weighted by Crippen LogP contribution is -2.15. The third-order valence-corrected chi connectivity index (χ3v) is 1.72. The highest BCUT2D eigenvalue weighted by Crippen LogP contribution is 2.17. The topological polar surface area (TPSA) is 3.24 Å². The molecule has 1 aliphatic rings. The largest absolute Gasteiger partial charge is 0.376 e. The molecule has 0 aromatic rings. The second kappa shape index (κ2) is 10.5. The van der Waals surface area contributed by atoms with E-state index in [0.29, 0.717) is 0 Å². The number of likely N-dealkylation sites (tertiary alicyclic amines) is 1. The second-order valence-corrected chi connectivity index (χ2v) is 2.25. The van der Waals surface area contributed by atoms with E-state index in [1.165, 1.54) is 25.1 Å². The lowest BCUT2D eigenvalue weighted by atomic mass is 10.3. The van der Waals surface area contributed by atoms with Gasteiger partial charge in [0.05, 0.1) is 0 Å². The van der Waals surface area contributed by atoms with Gasteiger partial charge in [-0.15, -0.1) is 0 Å². The van der Waals surface area contributed by atoms with Gasteiger partial charge in [-0.25, -0.2) is 0 Å². The van der Waals surface area contributed by atoms with Gasteiger partial charge in [0.25, 0.3) is 0 Å². The van der Waals surface area contributed by atoms with E-state index in [1.807, 2.05) is 27.7 Å². The van der Waals surface area contributed by atoms with Gasteiger partial charge in [0.15, 0.2) is 0 Å². The van der Waals surface area contributed by atoms with Gasteiger partial charge in [-0.1, -0.05) is 34.3 Å². The monoisotopic (exact) mass is 171 g/mol. The lowest BCUT2D eigenvalue weighted by Gasteiger charge is -2.14. The minimum absolute atomic E-state index is 1.14. The van der Waals surface area contributed by atoms with E-state index in [-0.39, 0.29) is 0 Å². The Hall–Kier alpha value is -0.460. The molecule has 0 aromatic heterocycles. The molecule has 1 heteroatoms. The van der Waals surface area contributed by atoms with Crippen LogP contribution in [0.4, 0.5) is 0 Å². The maximum Gasteiger partial charge on any atom is 0.0178 e. The summed E-state index contributed by atoms with van der Waals surface area (Å²) in [5.74, 6) is 0. The van der Waals surface area contributed by atoms with Crippen LogP contribution in [-0.2, 0) is 0 Å². The van der Waals surface area contributed by atoms with Crippen molar-refractivity contribution in [3.05, 3.63) is 12.3 Å². The van der Waals surface area contributed by atoms with Crippen LogP contribution in [0.3, 0.4) is 0 Å². The van der Waals surface area contributed by atoms with E-state index in [0.717, 1.165) is 6.54 Å². The summed E-state index contributed by atoms with van der Waals surface area (Å²) < 4.78 is 0. The SMILES string of the molecule is C=C1CCCN1CC.CC.CC. The minimum atomic E-state index is 1.14. The van der Waals surface area contributed by atoms with Crippen LogP contribution in [0, 0.1) is 0 Å². The van der Waals surface area contributed by atoms with Crippen molar-refractivity contribution in [2.75, 3.05) is 13.1 Å². The summed E-state index contributed by atoms with van der Waals surface area (Å²) in [5, 5.41) is 0. The molecule has 0 spiro atoms. The molecule has 1 fully saturated rings.